The van der Waals surface area contributed by atoms with E-state index in [1.807, 2.05) is 36.4 Å². The van der Waals surface area contributed by atoms with Crippen LogP contribution in [-0.4, -0.2) is 72.4 Å². The van der Waals surface area contributed by atoms with E-state index in [1.165, 1.54) is 6.92 Å². The molecular weight excluding hydrogens is 681 g/mol. The van der Waals surface area contributed by atoms with Gasteiger partial charge in [0.2, 0.25) is 0 Å². The summed E-state index contributed by atoms with van der Waals surface area (Å²) in [5.41, 5.74) is 0. The van der Waals surface area contributed by atoms with Crippen LogP contribution in [0, 0.1) is 0 Å². The van der Waals surface area contributed by atoms with Crippen LogP contribution in [0.3, 0.4) is 0 Å². The largest absolute Gasteiger partial charge is 1.00 e. The number of carboxylic acid groups (broad SMARTS) is 7. The molecule has 0 aliphatic heterocycles. The number of carbonyl (C=O) groups excluding carboxylic acids is 1. The van der Waals surface area contributed by atoms with Gasteiger partial charge < -0.3 is 46.7 Å². The fraction of sp³-hybridized carbons (Fsp3) is 0.519. The van der Waals surface area contributed by atoms with Gasteiger partial charge in [0, 0.05) is 44.5 Å². The Labute approximate surface area is 315 Å². The molecule has 0 aliphatic rings. The number of hydrogen-bond donors (Lipinski definition) is 7. The molecule has 46 heavy (non-hydrogen) atoms. The molecule has 19 heteroatoms. The molecule has 0 saturated heterocycles. The van der Waals surface area contributed by atoms with Crippen LogP contribution in [0.25, 0.3) is 0 Å². The Morgan fingerprint density at radius 1 is 0.391 bits per heavy atom. The van der Waals surface area contributed by atoms with Crippen LogP contribution in [0.1, 0.15) is 93.4 Å². The summed E-state index contributed by atoms with van der Waals surface area (Å²) in [4.78, 5) is 65.5. The normalized spacial score (nSPS) is 6.67. The molecule has 0 atom stereocenters. The van der Waals surface area contributed by atoms with Crippen LogP contribution >= 0.6 is 40.5 Å². The average molecular weight is 738 g/mol. The Bertz CT molecular complexity index is 628. The van der Waals surface area contributed by atoms with Gasteiger partial charge in [0.15, 0.2) is 0 Å². The van der Waals surface area contributed by atoms with E-state index in [0.717, 1.165) is 0 Å². The van der Waals surface area contributed by atoms with Crippen molar-refractivity contribution in [2.24, 2.45) is 0 Å². The first-order chi connectivity index (χ1) is 18.9. The molecule has 0 amide bonds. The molecule has 0 spiro atoms. The van der Waals surface area contributed by atoms with Crippen molar-refractivity contribution in [2.75, 3.05) is 0 Å². The fourth-order valence-corrected chi connectivity index (χ4v) is 0.385. The summed E-state index contributed by atoms with van der Waals surface area (Å²) in [5.74, 6) is -5.47. The number of aliphatic carboxylic acids is 7. The number of carboxylic acids is 7. The zero-order valence-corrected chi connectivity index (χ0v) is 33.1. The molecule has 0 saturated carbocycles. The Hall–Kier alpha value is -2.48. The van der Waals surface area contributed by atoms with Crippen molar-refractivity contribution >= 4 is 82.3 Å². The summed E-state index contributed by atoms with van der Waals surface area (Å²) >= 11 is 0. The number of hydrogen-bond acceptors (Lipinski definition) is 9. The Balaban J connectivity index is -0.0000000283. The maximum Gasteiger partial charge on any atom is 1.00 e. The second-order valence-corrected chi connectivity index (χ2v) is 6.36. The van der Waals surface area contributed by atoms with Crippen LogP contribution in [0.15, 0.2) is 36.4 Å². The SMILES string of the molecule is CCC(=O)O.CCC(=O)O.CCC(=O)O.CCC(=O)O.CCC(=O)O.CCC(=O)O.CCC(=O)[O-].N.S.S.S.[Na+].c1ccccc1. The smallest absolute Gasteiger partial charge is 0.550 e. The third kappa shape index (κ3) is 222. The molecule has 9 N–H and O–H groups in total. The second kappa shape index (κ2) is 73.8. The van der Waals surface area contributed by atoms with Crippen molar-refractivity contribution in [1.29, 1.82) is 0 Å². The topological polar surface area (TPSA) is 299 Å². The van der Waals surface area contributed by atoms with E-state index in [-0.39, 0.29) is 121 Å². The number of carbonyl (C=O) groups is 7. The molecule has 15 nitrogen and oxygen atoms in total. The predicted octanol–water partition coefficient (Wildman–Crippen LogP) is 1.22. The monoisotopic (exact) mass is 737 g/mol. The van der Waals surface area contributed by atoms with E-state index < -0.39 is 41.8 Å². The van der Waals surface area contributed by atoms with Gasteiger partial charge in [0.25, 0.3) is 0 Å². The molecule has 1 rings (SSSR count). The van der Waals surface area contributed by atoms with E-state index >= 15 is 0 Å². The molecule has 0 aliphatic carbocycles. The summed E-state index contributed by atoms with van der Waals surface area (Å²) in [7, 11) is 0. The first-order valence-electron chi connectivity index (χ1n) is 12.4. The van der Waals surface area contributed by atoms with Gasteiger partial charge in [-0.1, -0.05) is 84.9 Å². The third-order valence-corrected chi connectivity index (χ3v) is 2.77. The van der Waals surface area contributed by atoms with E-state index in [4.69, 9.17) is 30.6 Å². The summed E-state index contributed by atoms with van der Waals surface area (Å²) in [6.45, 7) is 11.1. The summed E-state index contributed by atoms with van der Waals surface area (Å²) in [5, 5.41) is 55.6. The van der Waals surface area contributed by atoms with Gasteiger partial charge in [0.05, 0.1) is 0 Å². The third-order valence-electron chi connectivity index (χ3n) is 2.77. The molecule has 1 aromatic carbocycles. The average Bonchev–Trinajstić information content (AvgIpc) is 2.95. The van der Waals surface area contributed by atoms with Gasteiger partial charge in [-0.05, 0) is 6.42 Å². The first-order valence-corrected chi connectivity index (χ1v) is 12.4. The number of benzene rings is 1. The predicted molar refractivity (Wildman–Crippen MR) is 185 cm³/mol. The van der Waals surface area contributed by atoms with Crippen LogP contribution in [-0.2, 0) is 33.6 Å². The standard InChI is InChI=1S/C6H6.7C3H6O2.H3N.Na.3H2S/c1-2-4-6-5-3-1;7*1-2-3(4)5;;;;;/h1-6H;7*2H2,1H3,(H,4,5);1H3;;3*1H2/q;;;;;;;;;+1;;;/p-1. The molecule has 0 aromatic heterocycles. The van der Waals surface area contributed by atoms with E-state index in [9.17, 15) is 38.7 Å². The van der Waals surface area contributed by atoms with Gasteiger partial charge in [-0.2, -0.15) is 40.5 Å². The molecule has 0 heterocycles. The van der Waals surface area contributed by atoms with Crippen molar-refractivity contribution in [2.45, 2.75) is 93.4 Å². The van der Waals surface area contributed by atoms with E-state index in [0.29, 0.717) is 0 Å². The van der Waals surface area contributed by atoms with Crippen LogP contribution < -0.4 is 40.8 Å². The molecule has 1 aromatic rings. The summed E-state index contributed by atoms with van der Waals surface area (Å²) < 4.78 is 0. The zero-order valence-electron chi connectivity index (χ0n) is 28.1. The minimum atomic E-state index is -0.995. The fourth-order valence-electron chi connectivity index (χ4n) is 0.385. The van der Waals surface area contributed by atoms with Crippen molar-refractivity contribution in [3.05, 3.63) is 36.4 Å². The minimum absolute atomic E-state index is 0. The Kier molecular flexibility index (Phi) is 127. The second-order valence-electron chi connectivity index (χ2n) is 6.36. The van der Waals surface area contributed by atoms with E-state index in [2.05, 4.69) is 0 Å². The molecule has 0 unspecified atom stereocenters. The minimum Gasteiger partial charge on any atom is -0.550 e. The van der Waals surface area contributed by atoms with Crippen LogP contribution in [0.4, 0.5) is 0 Å². The van der Waals surface area contributed by atoms with Crippen LogP contribution in [0.2, 0.25) is 0 Å². The van der Waals surface area contributed by atoms with Crippen molar-refractivity contribution in [1.82, 2.24) is 6.15 Å². The quantitative estimate of drug-likeness (QED) is 0.194. The van der Waals surface area contributed by atoms with Gasteiger partial charge in [0.1, 0.15) is 0 Å². The zero-order chi connectivity index (χ0) is 34.2. The Morgan fingerprint density at radius 3 is 0.478 bits per heavy atom. The maximum absolute atomic E-state index is 9.37. The maximum atomic E-state index is 9.37. The molecule has 0 fully saturated rings. The van der Waals surface area contributed by atoms with Crippen molar-refractivity contribution in [3.8, 4) is 0 Å². The van der Waals surface area contributed by atoms with Gasteiger partial charge in [-0.25, -0.2) is 0 Å². The first kappa shape index (κ1) is 79.2. The van der Waals surface area contributed by atoms with Gasteiger partial charge in [-0.3, -0.25) is 28.8 Å². The van der Waals surface area contributed by atoms with Crippen molar-refractivity contribution < 1.29 is 98.9 Å². The molecule has 272 valence electrons. The van der Waals surface area contributed by atoms with Gasteiger partial charge >= 0.3 is 65.4 Å². The Morgan fingerprint density at radius 2 is 0.457 bits per heavy atom. The summed E-state index contributed by atoms with van der Waals surface area (Å²) in [6, 6.07) is 12.0. The molecule has 0 bridgehead atoms. The van der Waals surface area contributed by atoms with Crippen LogP contribution in [0.5, 0.6) is 0 Å². The van der Waals surface area contributed by atoms with Crippen molar-refractivity contribution in [3.63, 3.8) is 0 Å². The van der Waals surface area contributed by atoms with E-state index in [1.54, 1.807) is 41.5 Å². The molecular formula is C27H56NNaO14S3. The summed E-state index contributed by atoms with van der Waals surface area (Å²) in [6.07, 6.45) is 1.44. The van der Waals surface area contributed by atoms with Gasteiger partial charge in [-0.15, -0.1) is 0 Å². The number of rotatable bonds is 7. The molecule has 0 radical (unpaired) electrons.